The minimum atomic E-state index is -0.0781. The van der Waals surface area contributed by atoms with Crippen molar-refractivity contribution in [3.63, 3.8) is 0 Å². The zero-order valence-electron chi connectivity index (χ0n) is 11.1. The van der Waals surface area contributed by atoms with E-state index in [4.69, 9.17) is 0 Å². The Kier molecular flexibility index (Phi) is 5.45. The third-order valence-corrected chi connectivity index (χ3v) is 3.63. The van der Waals surface area contributed by atoms with E-state index in [1.165, 1.54) is 0 Å². The number of Topliss-reactive ketones (excluding diaryl/α,β-unsaturated/α-hetero) is 1. The standard InChI is InChI=1S/C13H24N2O2/c1-4-9(2)14-13(17)15-12-7-5-11(6-8-12)10(3)16/h9,11-12H,4-8H2,1-3H3,(H2,14,15,17). The van der Waals surface area contributed by atoms with Crippen molar-refractivity contribution in [3.8, 4) is 0 Å². The van der Waals surface area contributed by atoms with Gasteiger partial charge in [-0.1, -0.05) is 6.92 Å². The molecule has 0 aromatic rings. The van der Waals surface area contributed by atoms with Gasteiger partial charge in [-0.25, -0.2) is 4.79 Å². The number of nitrogens with one attached hydrogen (secondary N) is 2. The molecule has 2 amide bonds. The minimum Gasteiger partial charge on any atom is -0.336 e. The molecule has 0 aromatic carbocycles. The summed E-state index contributed by atoms with van der Waals surface area (Å²) in [6.45, 7) is 5.70. The van der Waals surface area contributed by atoms with Gasteiger partial charge in [-0.15, -0.1) is 0 Å². The van der Waals surface area contributed by atoms with Crippen LogP contribution < -0.4 is 10.6 Å². The van der Waals surface area contributed by atoms with E-state index in [1.54, 1.807) is 6.92 Å². The van der Waals surface area contributed by atoms with Crippen molar-refractivity contribution in [1.29, 1.82) is 0 Å². The average molecular weight is 240 g/mol. The second-order valence-electron chi connectivity index (χ2n) is 5.09. The average Bonchev–Trinajstić information content (AvgIpc) is 2.29. The molecule has 1 fully saturated rings. The summed E-state index contributed by atoms with van der Waals surface area (Å²) in [5.41, 5.74) is 0. The van der Waals surface area contributed by atoms with Crippen molar-refractivity contribution >= 4 is 11.8 Å². The molecular weight excluding hydrogens is 216 g/mol. The van der Waals surface area contributed by atoms with E-state index in [-0.39, 0.29) is 29.8 Å². The van der Waals surface area contributed by atoms with E-state index in [2.05, 4.69) is 10.6 Å². The van der Waals surface area contributed by atoms with Crippen LogP contribution in [0.1, 0.15) is 52.9 Å². The van der Waals surface area contributed by atoms with Gasteiger partial charge in [0.2, 0.25) is 0 Å². The second kappa shape index (κ2) is 6.62. The molecule has 1 unspecified atom stereocenters. The van der Waals surface area contributed by atoms with Crippen LogP contribution >= 0.6 is 0 Å². The Labute approximate surface area is 104 Å². The molecular formula is C13H24N2O2. The molecule has 2 N–H and O–H groups in total. The SMILES string of the molecule is CCC(C)NC(=O)NC1CCC(C(C)=O)CC1. The largest absolute Gasteiger partial charge is 0.336 e. The minimum absolute atomic E-state index is 0.0781. The van der Waals surface area contributed by atoms with Crippen LogP contribution in [0.15, 0.2) is 0 Å². The molecule has 17 heavy (non-hydrogen) atoms. The quantitative estimate of drug-likeness (QED) is 0.791. The summed E-state index contributed by atoms with van der Waals surface area (Å²) < 4.78 is 0. The number of urea groups is 1. The fourth-order valence-corrected chi connectivity index (χ4v) is 2.20. The molecule has 4 heteroatoms. The van der Waals surface area contributed by atoms with Crippen molar-refractivity contribution in [1.82, 2.24) is 10.6 Å². The van der Waals surface area contributed by atoms with E-state index >= 15 is 0 Å². The predicted molar refractivity (Wildman–Crippen MR) is 67.8 cm³/mol. The summed E-state index contributed by atoms with van der Waals surface area (Å²) in [4.78, 5) is 22.8. The molecule has 0 saturated heterocycles. The number of carbonyl (C=O) groups is 2. The van der Waals surface area contributed by atoms with Gasteiger partial charge in [-0.3, -0.25) is 4.79 Å². The molecule has 1 saturated carbocycles. The highest BCUT2D eigenvalue weighted by Crippen LogP contribution is 2.24. The molecule has 1 atom stereocenters. The van der Waals surface area contributed by atoms with Gasteiger partial charge in [-0.2, -0.15) is 0 Å². The van der Waals surface area contributed by atoms with E-state index in [0.29, 0.717) is 0 Å². The number of rotatable bonds is 4. The smallest absolute Gasteiger partial charge is 0.315 e. The molecule has 0 spiro atoms. The summed E-state index contributed by atoms with van der Waals surface area (Å²) in [7, 11) is 0. The van der Waals surface area contributed by atoms with Gasteiger partial charge in [-0.05, 0) is 46.0 Å². The molecule has 0 bridgehead atoms. The molecule has 4 nitrogen and oxygen atoms in total. The maximum atomic E-state index is 11.6. The summed E-state index contributed by atoms with van der Waals surface area (Å²) in [5, 5.41) is 5.88. The van der Waals surface area contributed by atoms with Gasteiger partial charge in [0.1, 0.15) is 5.78 Å². The van der Waals surface area contributed by atoms with Gasteiger partial charge in [0, 0.05) is 18.0 Å². The lowest BCUT2D eigenvalue weighted by molar-refractivity contribution is -0.121. The zero-order valence-corrected chi connectivity index (χ0v) is 11.1. The molecule has 1 rings (SSSR count). The van der Waals surface area contributed by atoms with Crippen molar-refractivity contribution in [3.05, 3.63) is 0 Å². The zero-order chi connectivity index (χ0) is 12.8. The second-order valence-corrected chi connectivity index (χ2v) is 5.09. The normalized spacial score (nSPS) is 26.1. The third kappa shape index (κ3) is 4.75. The van der Waals surface area contributed by atoms with Crippen molar-refractivity contribution < 1.29 is 9.59 Å². The Morgan fingerprint density at radius 3 is 2.29 bits per heavy atom. The van der Waals surface area contributed by atoms with E-state index in [9.17, 15) is 9.59 Å². The van der Waals surface area contributed by atoms with Crippen LogP contribution in [0.2, 0.25) is 0 Å². The highest BCUT2D eigenvalue weighted by atomic mass is 16.2. The van der Waals surface area contributed by atoms with Crippen molar-refractivity contribution in [2.24, 2.45) is 5.92 Å². The first-order chi connectivity index (χ1) is 8.02. The van der Waals surface area contributed by atoms with Crippen molar-refractivity contribution in [2.75, 3.05) is 0 Å². The number of hydrogen-bond donors (Lipinski definition) is 2. The molecule has 0 radical (unpaired) electrons. The molecule has 0 aromatic heterocycles. The highest BCUT2D eigenvalue weighted by Gasteiger charge is 2.24. The Bertz CT molecular complexity index is 271. The highest BCUT2D eigenvalue weighted by molar-refractivity contribution is 5.78. The first-order valence-corrected chi connectivity index (χ1v) is 6.60. The molecule has 1 aliphatic carbocycles. The monoisotopic (exact) mass is 240 g/mol. The van der Waals surface area contributed by atoms with E-state index in [1.807, 2.05) is 13.8 Å². The Balaban J connectivity index is 2.26. The lowest BCUT2D eigenvalue weighted by Gasteiger charge is -2.28. The van der Waals surface area contributed by atoms with Crippen LogP contribution in [0.5, 0.6) is 0 Å². The van der Waals surface area contributed by atoms with Gasteiger partial charge in [0.25, 0.3) is 0 Å². The van der Waals surface area contributed by atoms with Crippen LogP contribution in [0.3, 0.4) is 0 Å². The fourth-order valence-electron chi connectivity index (χ4n) is 2.20. The summed E-state index contributed by atoms with van der Waals surface area (Å²) >= 11 is 0. The maximum absolute atomic E-state index is 11.6. The lowest BCUT2D eigenvalue weighted by atomic mass is 9.84. The maximum Gasteiger partial charge on any atom is 0.315 e. The molecule has 98 valence electrons. The first kappa shape index (κ1) is 14.0. The van der Waals surface area contributed by atoms with E-state index in [0.717, 1.165) is 32.1 Å². The summed E-state index contributed by atoms with van der Waals surface area (Å²) in [5.74, 6) is 0.498. The fraction of sp³-hybridized carbons (Fsp3) is 0.846. The topological polar surface area (TPSA) is 58.2 Å². The number of hydrogen-bond acceptors (Lipinski definition) is 2. The van der Waals surface area contributed by atoms with Crippen LogP contribution in [-0.2, 0) is 4.79 Å². The van der Waals surface area contributed by atoms with Crippen LogP contribution in [-0.4, -0.2) is 23.9 Å². The summed E-state index contributed by atoms with van der Waals surface area (Å²) in [6.07, 6.45) is 4.58. The van der Waals surface area contributed by atoms with Crippen LogP contribution in [0.25, 0.3) is 0 Å². The molecule has 0 heterocycles. The number of carbonyl (C=O) groups excluding carboxylic acids is 2. The Morgan fingerprint density at radius 2 is 1.82 bits per heavy atom. The first-order valence-electron chi connectivity index (χ1n) is 6.60. The number of amides is 2. The molecule has 0 aliphatic heterocycles. The third-order valence-electron chi connectivity index (χ3n) is 3.63. The van der Waals surface area contributed by atoms with Crippen LogP contribution in [0.4, 0.5) is 4.79 Å². The van der Waals surface area contributed by atoms with E-state index < -0.39 is 0 Å². The Morgan fingerprint density at radius 1 is 1.24 bits per heavy atom. The Hall–Kier alpha value is -1.06. The van der Waals surface area contributed by atoms with Gasteiger partial charge in [0.15, 0.2) is 0 Å². The van der Waals surface area contributed by atoms with Crippen molar-refractivity contribution in [2.45, 2.75) is 65.0 Å². The number of ketones is 1. The lowest BCUT2D eigenvalue weighted by Crippen LogP contribution is -2.46. The molecule has 1 aliphatic rings. The van der Waals surface area contributed by atoms with Gasteiger partial charge < -0.3 is 10.6 Å². The van der Waals surface area contributed by atoms with Crippen LogP contribution in [0, 0.1) is 5.92 Å². The van der Waals surface area contributed by atoms with Gasteiger partial charge >= 0.3 is 6.03 Å². The predicted octanol–water partition coefficient (Wildman–Crippen LogP) is 2.23. The summed E-state index contributed by atoms with van der Waals surface area (Å²) in [6, 6.07) is 0.365. The van der Waals surface area contributed by atoms with Gasteiger partial charge in [0.05, 0.1) is 0 Å².